The van der Waals surface area contributed by atoms with E-state index in [1.54, 1.807) is 18.2 Å². The molecule has 0 atom stereocenters. The lowest BCUT2D eigenvalue weighted by molar-refractivity contribution is 0.581. The standard InChI is InChI=1S/C22H16BrFN2O3S/c1-14-3-2-4-15(13-14)20-26-22(30(27,28)19-11-5-16(23)6-12-19)21(29-20)25-18-9-7-17(24)8-10-18/h2-13,25H,1H3. The summed E-state index contributed by atoms with van der Waals surface area (Å²) in [4.78, 5) is 4.38. The van der Waals surface area contributed by atoms with Crippen molar-refractivity contribution in [3.05, 3.63) is 88.6 Å². The van der Waals surface area contributed by atoms with Crippen molar-refractivity contribution in [1.82, 2.24) is 4.98 Å². The number of oxazole rings is 1. The molecule has 4 aromatic rings. The summed E-state index contributed by atoms with van der Waals surface area (Å²) in [6.07, 6.45) is 0. The highest BCUT2D eigenvalue weighted by Crippen LogP contribution is 2.34. The van der Waals surface area contributed by atoms with E-state index in [9.17, 15) is 12.8 Å². The van der Waals surface area contributed by atoms with Gasteiger partial charge < -0.3 is 9.73 Å². The molecule has 0 saturated heterocycles. The Morgan fingerprint density at radius 1 is 1.00 bits per heavy atom. The zero-order valence-electron chi connectivity index (χ0n) is 15.8. The summed E-state index contributed by atoms with van der Waals surface area (Å²) in [5, 5.41) is 2.66. The van der Waals surface area contributed by atoms with E-state index in [-0.39, 0.29) is 21.7 Å². The topological polar surface area (TPSA) is 72.2 Å². The molecule has 8 heteroatoms. The van der Waals surface area contributed by atoms with Crippen molar-refractivity contribution in [1.29, 1.82) is 0 Å². The largest absolute Gasteiger partial charge is 0.419 e. The summed E-state index contributed by atoms with van der Waals surface area (Å²) in [6, 6.07) is 19.2. The summed E-state index contributed by atoms with van der Waals surface area (Å²) in [5.74, 6) is -0.277. The van der Waals surface area contributed by atoms with Crippen LogP contribution >= 0.6 is 15.9 Å². The summed E-state index contributed by atoms with van der Waals surface area (Å²) in [6.45, 7) is 1.92. The molecule has 3 aromatic carbocycles. The molecule has 0 aliphatic carbocycles. The van der Waals surface area contributed by atoms with Crippen LogP contribution in [0, 0.1) is 12.7 Å². The zero-order valence-corrected chi connectivity index (χ0v) is 18.2. The van der Waals surface area contributed by atoms with Crippen molar-refractivity contribution in [2.24, 2.45) is 0 Å². The first-order valence-electron chi connectivity index (χ1n) is 8.94. The first-order chi connectivity index (χ1) is 14.3. The van der Waals surface area contributed by atoms with Gasteiger partial charge in [0.15, 0.2) is 0 Å². The van der Waals surface area contributed by atoms with Gasteiger partial charge in [-0.3, -0.25) is 0 Å². The smallest absolute Gasteiger partial charge is 0.238 e. The van der Waals surface area contributed by atoms with Crippen LogP contribution in [-0.4, -0.2) is 13.4 Å². The van der Waals surface area contributed by atoms with Crippen LogP contribution in [0.4, 0.5) is 16.0 Å². The predicted octanol–water partition coefficient (Wildman–Crippen LogP) is 6.13. The number of rotatable bonds is 5. The second-order valence-electron chi connectivity index (χ2n) is 6.61. The molecule has 0 spiro atoms. The molecule has 1 aromatic heterocycles. The maximum absolute atomic E-state index is 13.3. The van der Waals surface area contributed by atoms with Gasteiger partial charge in [-0.2, -0.15) is 4.98 Å². The molecule has 1 heterocycles. The van der Waals surface area contributed by atoms with Crippen LogP contribution in [0.3, 0.4) is 0 Å². The molecule has 30 heavy (non-hydrogen) atoms. The fourth-order valence-corrected chi connectivity index (χ4v) is 4.38. The summed E-state index contributed by atoms with van der Waals surface area (Å²) in [7, 11) is -3.97. The fourth-order valence-electron chi connectivity index (χ4n) is 2.86. The molecule has 4 rings (SSSR count). The molecule has 0 radical (unpaired) electrons. The normalized spacial score (nSPS) is 11.4. The van der Waals surface area contributed by atoms with Gasteiger partial charge in [0.25, 0.3) is 0 Å². The van der Waals surface area contributed by atoms with Crippen LogP contribution < -0.4 is 5.32 Å². The van der Waals surface area contributed by atoms with Gasteiger partial charge in [-0.25, -0.2) is 12.8 Å². The highest BCUT2D eigenvalue weighted by Gasteiger charge is 2.28. The van der Waals surface area contributed by atoms with Crippen molar-refractivity contribution in [3.8, 4) is 11.5 Å². The Morgan fingerprint density at radius 3 is 2.37 bits per heavy atom. The number of hydrogen-bond acceptors (Lipinski definition) is 5. The molecule has 1 N–H and O–H groups in total. The van der Waals surface area contributed by atoms with Crippen LogP contribution in [0.1, 0.15) is 5.56 Å². The van der Waals surface area contributed by atoms with Crippen LogP contribution in [0.25, 0.3) is 11.5 Å². The molecule has 0 unspecified atom stereocenters. The molecular weight excluding hydrogens is 471 g/mol. The van der Waals surface area contributed by atoms with Crippen molar-refractivity contribution >= 4 is 37.3 Å². The predicted molar refractivity (Wildman–Crippen MR) is 116 cm³/mol. The van der Waals surface area contributed by atoms with E-state index in [1.807, 2.05) is 25.1 Å². The molecule has 0 aliphatic rings. The lowest BCUT2D eigenvalue weighted by Gasteiger charge is -2.06. The third-order valence-corrected chi connectivity index (χ3v) is 6.55. The van der Waals surface area contributed by atoms with Crippen molar-refractivity contribution in [2.45, 2.75) is 16.8 Å². The van der Waals surface area contributed by atoms with Gasteiger partial charge in [-0.15, -0.1) is 0 Å². The lowest BCUT2D eigenvalue weighted by Crippen LogP contribution is -2.05. The molecule has 0 saturated carbocycles. The van der Waals surface area contributed by atoms with Crippen LogP contribution in [0.15, 0.2) is 91.6 Å². The number of nitrogens with one attached hydrogen (secondary N) is 1. The van der Waals surface area contributed by atoms with Gasteiger partial charge in [-0.1, -0.05) is 33.6 Å². The van der Waals surface area contributed by atoms with Gasteiger partial charge in [0.1, 0.15) is 5.82 Å². The van der Waals surface area contributed by atoms with E-state index in [0.29, 0.717) is 11.3 Å². The Bertz CT molecular complexity index is 1300. The van der Waals surface area contributed by atoms with Crippen LogP contribution in [0.5, 0.6) is 0 Å². The first-order valence-corrected chi connectivity index (χ1v) is 11.2. The third kappa shape index (κ3) is 4.15. The second kappa shape index (κ2) is 8.04. The molecule has 0 bridgehead atoms. The molecular formula is C22H16BrFN2O3S. The number of nitrogens with zero attached hydrogens (tertiary/aromatic N) is 1. The quantitative estimate of drug-likeness (QED) is 0.367. The van der Waals surface area contributed by atoms with Gasteiger partial charge in [-0.05, 0) is 67.6 Å². The van der Waals surface area contributed by atoms with Crippen LogP contribution in [0.2, 0.25) is 0 Å². The Kier molecular flexibility index (Phi) is 5.44. The number of halogens is 2. The minimum absolute atomic E-state index is 0.0407. The minimum Gasteiger partial charge on any atom is -0.419 e. The number of aryl methyl sites for hydroxylation is 1. The highest BCUT2D eigenvalue weighted by molar-refractivity contribution is 9.10. The second-order valence-corrected chi connectivity index (χ2v) is 9.39. The number of aromatic nitrogens is 1. The van der Waals surface area contributed by atoms with E-state index in [1.165, 1.54) is 36.4 Å². The Hall–Kier alpha value is -2.97. The number of hydrogen-bond donors (Lipinski definition) is 1. The first kappa shape index (κ1) is 20.3. The van der Waals surface area contributed by atoms with E-state index in [4.69, 9.17) is 4.42 Å². The number of sulfone groups is 1. The van der Waals surface area contributed by atoms with E-state index in [0.717, 1.165) is 10.0 Å². The van der Waals surface area contributed by atoms with Crippen LogP contribution in [-0.2, 0) is 9.84 Å². The van der Waals surface area contributed by atoms with Gasteiger partial charge in [0.05, 0.1) is 4.90 Å². The average Bonchev–Trinajstić information content (AvgIpc) is 3.15. The van der Waals surface area contributed by atoms with E-state index >= 15 is 0 Å². The Morgan fingerprint density at radius 2 is 1.70 bits per heavy atom. The fraction of sp³-hybridized carbons (Fsp3) is 0.0455. The Balaban J connectivity index is 1.84. The number of anilines is 2. The maximum Gasteiger partial charge on any atom is 0.238 e. The lowest BCUT2D eigenvalue weighted by atomic mass is 10.1. The summed E-state index contributed by atoms with van der Waals surface area (Å²) >= 11 is 3.30. The molecule has 0 amide bonds. The molecule has 152 valence electrons. The van der Waals surface area contributed by atoms with Gasteiger partial charge in [0.2, 0.25) is 26.6 Å². The highest BCUT2D eigenvalue weighted by atomic mass is 79.9. The van der Waals surface area contributed by atoms with Crippen molar-refractivity contribution in [3.63, 3.8) is 0 Å². The SMILES string of the molecule is Cc1cccc(-c2nc(S(=O)(=O)c3ccc(Br)cc3)c(Nc3ccc(F)cc3)o2)c1. The minimum atomic E-state index is -3.97. The molecule has 5 nitrogen and oxygen atoms in total. The summed E-state index contributed by atoms with van der Waals surface area (Å²) in [5.41, 5.74) is 2.10. The Labute approximate surface area is 181 Å². The van der Waals surface area contributed by atoms with Crippen molar-refractivity contribution < 1.29 is 17.2 Å². The third-order valence-electron chi connectivity index (χ3n) is 4.34. The van der Waals surface area contributed by atoms with E-state index in [2.05, 4.69) is 26.2 Å². The zero-order chi connectivity index (χ0) is 21.3. The molecule has 0 aliphatic heterocycles. The maximum atomic E-state index is 13.3. The summed E-state index contributed by atoms with van der Waals surface area (Å²) < 4.78 is 46.4. The van der Waals surface area contributed by atoms with Gasteiger partial charge in [0, 0.05) is 15.7 Å². The van der Waals surface area contributed by atoms with Gasteiger partial charge >= 0.3 is 0 Å². The molecule has 0 fully saturated rings. The number of benzene rings is 3. The average molecular weight is 487 g/mol. The monoisotopic (exact) mass is 486 g/mol. The van der Waals surface area contributed by atoms with Crippen molar-refractivity contribution in [2.75, 3.05) is 5.32 Å². The van der Waals surface area contributed by atoms with E-state index < -0.39 is 15.7 Å².